The van der Waals surface area contributed by atoms with E-state index >= 15 is 0 Å². The van der Waals surface area contributed by atoms with Gasteiger partial charge in [-0.2, -0.15) is 0 Å². The Morgan fingerprint density at radius 3 is 1.77 bits per heavy atom. The van der Waals surface area contributed by atoms with Crippen molar-refractivity contribution in [3.05, 3.63) is 200 Å². The number of para-hydroxylation sites is 1. The molecule has 10 aromatic rings. The van der Waals surface area contributed by atoms with E-state index in [1.807, 2.05) is 12.1 Å². The van der Waals surface area contributed by atoms with Crippen LogP contribution in [0.5, 0.6) is 0 Å². The molecule has 2 heteroatoms. The van der Waals surface area contributed by atoms with Crippen molar-refractivity contribution in [1.82, 2.24) is 0 Å². The van der Waals surface area contributed by atoms with E-state index in [-0.39, 0.29) is 0 Å². The summed E-state index contributed by atoms with van der Waals surface area (Å²) in [6.07, 6.45) is 0. The van der Waals surface area contributed by atoms with Gasteiger partial charge in [0.25, 0.3) is 0 Å². The molecule has 2 nitrogen and oxygen atoms in total. The van der Waals surface area contributed by atoms with Crippen LogP contribution >= 0.6 is 0 Å². The monoisotopic (exact) mass is 663 g/mol. The van der Waals surface area contributed by atoms with Gasteiger partial charge in [0.05, 0.1) is 0 Å². The van der Waals surface area contributed by atoms with Gasteiger partial charge in [-0.05, 0) is 116 Å². The van der Waals surface area contributed by atoms with Gasteiger partial charge >= 0.3 is 0 Å². The van der Waals surface area contributed by atoms with E-state index in [0.29, 0.717) is 0 Å². The van der Waals surface area contributed by atoms with Gasteiger partial charge in [-0.3, -0.25) is 0 Å². The number of nitrogens with zero attached hydrogens (tertiary/aromatic N) is 1. The SMILES string of the molecule is c1cc(-c2ccc(N(c3cccc(-c4cccc5ccccc45)c3)c3ccc4oc5ccccc5c4c3)cc2)cc(-c2ccc3ccccc3c2)c1. The van der Waals surface area contributed by atoms with Crippen LogP contribution in [0, 0.1) is 0 Å². The summed E-state index contributed by atoms with van der Waals surface area (Å²) in [5.41, 5.74) is 12.2. The zero-order valence-corrected chi connectivity index (χ0v) is 28.4. The number of hydrogen-bond donors (Lipinski definition) is 0. The molecule has 1 aromatic heterocycles. The molecule has 0 bridgehead atoms. The van der Waals surface area contributed by atoms with Crippen molar-refractivity contribution in [2.24, 2.45) is 0 Å². The molecule has 9 aromatic carbocycles. The Morgan fingerprint density at radius 1 is 0.288 bits per heavy atom. The van der Waals surface area contributed by atoms with E-state index in [2.05, 4.69) is 193 Å². The number of fused-ring (bicyclic) bond motifs is 5. The fraction of sp³-hybridized carbons (Fsp3) is 0. The number of anilines is 3. The molecule has 0 atom stereocenters. The van der Waals surface area contributed by atoms with E-state index in [4.69, 9.17) is 4.42 Å². The van der Waals surface area contributed by atoms with Crippen molar-refractivity contribution in [3.8, 4) is 33.4 Å². The van der Waals surface area contributed by atoms with Crippen molar-refractivity contribution < 1.29 is 4.42 Å². The van der Waals surface area contributed by atoms with E-state index in [1.165, 1.54) is 54.9 Å². The van der Waals surface area contributed by atoms with Crippen LogP contribution < -0.4 is 4.90 Å². The lowest BCUT2D eigenvalue weighted by Crippen LogP contribution is -2.10. The highest BCUT2D eigenvalue weighted by Gasteiger charge is 2.17. The maximum atomic E-state index is 6.23. The fourth-order valence-electron chi connectivity index (χ4n) is 7.64. The Morgan fingerprint density at radius 2 is 0.885 bits per heavy atom. The molecule has 0 spiro atoms. The third-order valence-electron chi connectivity index (χ3n) is 10.2. The summed E-state index contributed by atoms with van der Waals surface area (Å²) in [6.45, 7) is 0. The average Bonchev–Trinajstić information content (AvgIpc) is 3.59. The van der Waals surface area contributed by atoms with Crippen molar-refractivity contribution in [1.29, 1.82) is 0 Å². The first kappa shape index (κ1) is 30.0. The van der Waals surface area contributed by atoms with Gasteiger partial charge in [0.2, 0.25) is 0 Å². The van der Waals surface area contributed by atoms with Crippen LogP contribution in [0.3, 0.4) is 0 Å². The predicted octanol–water partition coefficient (Wildman–Crippen LogP) is 14.4. The lowest BCUT2D eigenvalue weighted by atomic mass is 9.97. The minimum atomic E-state index is 0.885. The molecule has 0 radical (unpaired) electrons. The van der Waals surface area contributed by atoms with E-state index < -0.39 is 0 Å². The molecular weight excluding hydrogens is 631 g/mol. The summed E-state index contributed by atoms with van der Waals surface area (Å²) >= 11 is 0. The van der Waals surface area contributed by atoms with Crippen LogP contribution in [0.1, 0.15) is 0 Å². The Hall–Kier alpha value is -6.90. The third-order valence-corrected chi connectivity index (χ3v) is 10.2. The molecule has 0 N–H and O–H groups in total. The zero-order chi connectivity index (χ0) is 34.4. The van der Waals surface area contributed by atoms with Crippen LogP contribution in [0.25, 0.3) is 76.9 Å². The molecule has 0 aliphatic carbocycles. The Bertz CT molecular complexity index is 2910. The van der Waals surface area contributed by atoms with Gasteiger partial charge in [0.15, 0.2) is 0 Å². The molecule has 10 rings (SSSR count). The predicted molar refractivity (Wildman–Crippen MR) is 220 cm³/mol. The second-order valence-corrected chi connectivity index (χ2v) is 13.4. The normalized spacial score (nSPS) is 11.5. The summed E-state index contributed by atoms with van der Waals surface area (Å²) in [6, 6.07) is 71.8. The molecule has 0 fully saturated rings. The minimum absolute atomic E-state index is 0.885. The summed E-state index contributed by atoms with van der Waals surface area (Å²) in [5, 5.41) is 7.21. The largest absolute Gasteiger partial charge is 0.456 e. The van der Waals surface area contributed by atoms with Crippen LogP contribution in [-0.2, 0) is 0 Å². The quantitative estimate of drug-likeness (QED) is 0.176. The zero-order valence-electron chi connectivity index (χ0n) is 28.4. The van der Waals surface area contributed by atoms with Gasteiger partial charge in [0.1, 0.15) is 11.2 Å². The number of furan rings is 1. The van der Waals surface area contributed by atoms with Gasteiger partial charge in [-0.15, -0.1) is 0 Å². The molecule has 1 heterocycles. The maximum Gasteiger partial charge on any atom is 0.135 e. The van der Waals surface area contributed by atoms with E-state index in [0.717, 1.165) is 39.0 Å². The summed E-state index contributed by atoms with van der Waals surface area (Å²) in [5.74, 6) is 0. The van der Waals surface area contributed by atoms with E-state index in [1.54, 1.807) is 0 Å². The first-order valence-electron chi connectivity index (χ1n) is 17.7. The number of hydrogen-bond acceptors (Lipinski definition) is 2. The molecule has 0 saturated heterocycles. The summed E-state index contributed by atoms with van der Waals surface area (Å²) in [7, 11) is 0. The molecule has 0 aliphatic rings. The minimum Gasteiger partial charge on any atom is -0.456 e. The van der Waals surface area contributed by atoms with Crippen molar-refractivity contribution >= 4 is 60.5 Å². The second kappa shape index (κ2) is 12.5. The van der Waals surface area contributed by atoms with Gasteiger partial charge < -0.3 is 9.32 Å². The Balaban J connectivity index is 1.08. The first-order chi connectivity index (χ1) is 25.7. The van der Waals surface area contributed by atoms with Gasteiger partial charge in [0, 0.05) is 27.8 Å². The van der Waals surface area contributed by atoms with Crippen molar-refractivity contribution in [3.63, 3.8) is 0 Å². The highest BCUT2D eigenvalue weighted by atomic mass is 16.3. The Labute approximate surface area is 302 Å². The van der Waals surface area contributed by atoms with Crippen LogP contribution in [0.15, 0.2) is 205 Å². The molecule has 0 saturated carbocycles. The number of benzene rings is 9. The fourth-order valence-corrected chi connectivity index (χ4v) is 7.64. The van der Waals surface area contributed by atoms with Crippen molar-refractivity contribution in [2.75, 3.05) is 4.90 Å². The standard InChI is InChI=1S/C50H33NO/c1-2-12-37-31-40(23-22-34(37)10-1)39-15-7-14-38(30-39)35-24-26-42(27-25-35)51(44-28-29-50-48(33-44)47-19-5-6-21-49(47)52-50)43-17-8-16-41(32-43)46-20-9-13-36-11-3-4-18-45(36)46/h1-33H. The summed E-state index contributed by atoms with van der Waals surface area (Å²) < 4.78 is 6.23. The molecule has 244 valence electrons. The van der Waals surface area contributed by atoms with Crippen molar-refractivity contribution in [2.45, 2.75) is 0 Å². The highest BCUT2D eigenvalue weighted by Crippen LogP contribution is 2.41. The molecule has 52 heavy (non-hydrogen) atoms. The Kier molecular flexibility index (Phi) is 7.18. The van der Waals surface area contributed by atoms with Crippen LogP contribution in [0.4, 0.5) is 17.1 Å². The smallest absolute Gasteiger partial charge is 0.135 e. The molecule has 0 amide bonds. The molecular formula is C50H33NO. The molecule has 0 aliphatic heterocycles. The maximum absolute atomic E-state index is 6.23. The second-order valence-electron chi connectivity index (χ2n) is 13.4. The first-order valence-corrected chi connectivity index (χ1v) is 17.7. The van der Waals surface area contributed by atoms with Crippen LogP contribution in [-0.4, -0.2) is 0 Å². The van der Waals surface area contributed by atoms with Gasteiger partial charge in [-0.1, -0.05) is 140 Å². The number of rotatable bonds is 6. The molecule has 0 unspecified atom stereocenters. The van der Waals surface area contributed by atoms with Gasteiger partial charge in [-0.25, -0.2) is 0 Å². The van der Waals surface area contributed by atoms with Crippen LogP contribution in [0.2, 0.25) is 0 Å². The third kappa shape index (κ3) is 5.30. The van der Waals surface area contributed by atoms with E-state index in [9.17, 15) is 0 Å². The topological polar surface area (TPSA) is 16.4 Å². The highest BCUT2D eigenvalue weighted by molar-refractivity contribution is 6.06. The lowest BCUT2D eigenvalue weighted by molar-refractivity contribution is 0.669. The average molecular weight is 664 g/mol. The lowest BCUT2D eigenvalue weighted by Gasteiger charge is -2.26. The summed E-state index contributed by atoms with van der Waals surface area (Å²) in [4.78, 5) is 2.35.